The van der Waals surface area contributed by atoms with Gasteiger partial charge in [0, 0.05) is 56.4 Å². The van der Waals surface area contributed by atoms with E-state index in [1.807, 2.05) is 22.7 Å². The molecule has 0 spiro atoms. The zero-order valence-electron chi connectivity index (χ0n) is 34.1. The highest BCUT2D eigenvalue weighted by Crippen LogP contribution is 2.48. The van der Waals surface area contributed by atoms with Gasteiger partial charge in [-0.1, -0.05) is 140 Å². The average Bonchev–Trinajstić information content (AvgIpc) is 3.75. The van der Waals surface area contributed by atoms with E-state index < -0.39 is 0 Å². The fourth-order valence-electron chi connectivity index (χ4n) is 8.67. The summed E-state index contributed by atoms with van der Waals surface area (Å²) in [6.07, 6.45) is 0.959. The van der Waals surface area contributed by atoms with E-state index in [1.54, 1.807) is 0 Å². The molecule has 0 saturated carbocycles. The molecule has 2 aromatic heterocycles. The van der Waals surface area contributed by atoms with Gasteiger partial charge in [-0.3, -0.25) is 0 Å². The molecule has 8 rings (SSSR count). The Morgan fingerprint density at radius 3 is 1.64 bits per heavy atom. The second kappa shape index (κ2) is 14.5. The molecule has 8 aromatic rings. The summed E-state index contributed by atoms with van der Waals surface area (Å²) in [6, 6.07) is 43.5. The number of para-hydroxylation sites is 2. The summed E-state index contributed by atoms with van der Waals surface area (Å²) in [6.45, 7) is 18.6. The molecule has 2 heterocycles. The van der Waals surface area contributed by atoms with Crippen LogP contribution in [0.3, 0.4) is 0 Å². The molecule has 1 unspecified atom stereocenters. The number of hydrogen-bond donors (Lipinski definition) is 0. The van der Waals surface area contributed by atoms with Crippen molar-refractivity contribution in [2.24, 2.45) is 0 Å². The predicted octanol–water partition coefficient (Wildman–Crippen LogP) is 15.8. The van der Waals surface area contributed by atoms with Crippen LogP contribution in [0.4, 0.5) is 22.7 Å². The lowest BCUT2D eigenvalue weighted by Gasteiger charge is -2.29. The van der Waals surface area contributed by atoms with Gasteiger partial charge in [0.05, 0.1) is 20.8 Å². The minimum atomic E-state index is 0.0243. The molecule has 280 valence electrons. The number of hydrogen-bond acceptors (Lipinski definition) is 4. The maximum absolute atomic E-state index is 2.51. The number of fused-ring (bicyclic) bond motifs is 6. The first-order chi connectivity index (χ1) is 26.3. The molecular formula is C51H54N2S2. The summed E-state index contributed by atoms with van der Waals surface area (Å²) in [5.74, 6) is 1.24. The van der Waals surface area contributed by atoms with Gasteiger partial charge in [-0.15, -0.1) is 22.7 Å². The van der Waals surface area contributed by atoms with Gasteiger partial charge in [-0.25, -0.2) is 0 Å². The van der Waals surface area contributed by atoms with Gasteiger partial charge in [-0.2, -0.15) is 0 Å². The summed E-state index contributed by atoms with van der Waals surface area (Å²) in [4.78, 5) is 4.86. The molecule has 1 atom stereocenters. The molecule has 55 heavy (non-hydrogen) atoms. The highest BCUT2D eigenvalue weighted by Gasteiger charge is 2.24. The van der Waals surface area contributed by atoms with Crippen LogP contribution in [0.5, 0.6) is 0 Å². The van der Waals surface area contributed by atoms with E-state index >= 15 is 0 Å². The van der Waals surface area contributed by atoms with E-state index in [2.05, 4.69) is 195 Å². The summed E-state index contributed by atoms with van der Waals surface area (Å²) in [5.41, 5.74) is 12.1. The van der Waals surface area contributed by atoms with Gasteiger partial charge in [-0.05, 0) is 87.7 Å². The Bertz CT molecular complexity index is 2680. The largest absolute Gasteiger partial charge is 0.343 e. The van der Waals surface area contributed by atoms with Crippen LogP contribution in [0.25, 0.3) is 40.3 Å². The molecule has 0 aliphatic carbocycles. The number of benzene rings is 6. The molecule has 6 aromatic carbocycles. The number of anilines is 4. The Morgan fingerprint density at radius 2 is 0.964 bits per heavy atom. The summed E-state index contributed by atoms with van der Waals surface area (Å²) in [5, 5.41) is 5.45. The molecule has 0 aliphatic rings. The van der Waals surface area contributed by atoms with E-state index in [0.29, 0.717) is 17.8 Å². The normalized spacial score (nSPS) is 12.9. The second-order valence-corrected chi connectivity index (χ2v) is 19.2. The lowest BCUT2D eigenvalue weighted by atomic mass is 9.85. The topological polar surface area (TPSA) is 6.48 Å². The first kappa shape index (κ1) is 37.3. The van der Waals surface area contributed by atoms with Crippen molar-refractivity contribution in [3.63, 3.8) is 0 Å². The third kappa shape index (κ3) is 6.62. The van der Waals surface area contributed by atoms with Gasteiger partial charge < -0.3 is 9.80 Å². The fourth-order valence-corrected chi connectivity index (χ4v) is 11.6. The molecule has 0 N–H and O–H groups in total. The first-order valence-corrected chi connectivity index (χ1v) is 21.5. The van der Waals surface area contributed by atoms with Crippen LogP contribution in [-0.2, 0) is 11.8 Å². The molecule has 0 amide bonds. The van der Waals surface area contributed by atoms with Crippen LogP contribution in [0, 0.1) is 0 Å². The van der Waals surface area contributed by atoms with Gasteiger partial charge >= 0.3 is 0 Å². The van der Waals surface area contributed by atoms with Crippen molar-refractivity contribution in [3.8, 4) is 0 Å². The fraction of sp³-hybridized carbons (Fsp3) is 0.294. The molecule has 0 fully saturated rings. The van der Waals surface area contributed by atoms with Crippen LogP contribution in [0.1, 0.15) is 101 Å². The number of nitrogens with zero attached hydrogens (tertiary/aromatic N) is 2. The van der Waals surface area contributed by atoms with Crippen molar-refractivity contribution in [3.05, 3.63) is 143 Å². The third-order valence-electron chi connectivity index (χ3n) is 11.6. The zero-order chi connectivity index (χ0) is 38.8. The van der Waals surface area contributed by atoms with Crippen molar-refractivity contribution in [2.45, 2.75) is 85.0 Å². The highest BCUT2D eigenvalue weighted by atomic mass is 32.1. The smallest absolute Gasteiger partial charge is 0.0592 e. The standard InChI is InChI=1S/C51H54N2S2/c1-31(2)35-18-11-13-25-43(35)52(9)45-27-17-23-39-38-21-16-20-37(48(38)55-49(39)45)33(5)28-34-29-41-40-22-15-19-36(32(3)4)47(40)54-50(41)46(30-34)53(10)44-26-14-12-24-42(44)51(6,7)8/h11-27,29-33H,28H2,1-10H3. The van der Waals surface area contributed by atoms with E-state index in [0.717, 1.165) is 6.42 Å². The summed E-state index contributed by atoms with van der Waals surface area (Å²) < 4.78 is 5.55. The quantitative estimate of drug-likeness (QED) is 0.145. The predicted molar refractivity (Wildman–Crippen MR) is 247 cm³/mol. The van der Waals surface area contributed by atoms with Gasteiger partial charge in [0.15, 0.2) is 0 Å². The molecule has 0 bridgehead atoms. The van der Waals surface area contributed by atoms with Crippen molar-refractivity contribution in [1.29, 1.82) is 0 Å². The number of rotatable bonds is 9. The first-order valence-electron chi connectivity index (χ1n) is 19.9. The van der Waals surface area contributed by atoms with E-state index in [9.17, 15) is 0 Å². The van der Waals surface area contributed by atoms with Gasteiger partial charge in [0.2, 0.25) is 0 Å². The molecule has 2 nitrogen and oxygen atoms in total. The lowest BCUT2D eigenvalue weighted by Crippen LogP contribution is -2.19. The van der Waals surface area contributed by atoms with Crippen molar-refractivity contribution >= 4 is 85.8 Å². The minimum Gasteiger partial charge on any atom is -0.343 e. The van der Waals surface area contributed by atoms with E-state index in [4.69, 9.17) is 0 Å². The van der Waals surface area contributed by atoms with Crippen molar-refractivity contribution in [2.75, 3.05) is 23.9 Å². The van der Waals surface area contributed by atoms with E-state index in [1.165, 1.54) is 90.9 Å². The van der Waals surface area contributed by atoms with Crippen LogP contribution < -0.4 is 9.80 Å². The lowest BCUT2D eigenvalue weighted by molar-refractivity contribution is 0.590. The third-order valence-corrected chi connectivity index (χ3v) is 14.2. The maximum Gasteiger partial charge on any atom is 0.0592 e. The molecule has 0 radical (unpaired) electrons. The Morgan fingerprint density at radius 1 is 0.473 bits per heavy atom. The Labute approximate surface area is 336 Å². The average molecular weight is 759 g/mol. The highest BCUT2D eigenvalue weighted by molar-refractivity contribution is 7.27. The summed E-state index contributed by atoms with van der Waals surface area (Å²) >= 11 is 3.93. The van der Waals surface area contributed by atoms with Crippen LogP contribution >= 0.6 is 22.7 Å². The zero-order valence-corrected chi connectivity index (χ0v) is 35.8. The molecule has 4 heteroatoms. The Balaban J connectivity index is 1.25. The van der Waals surface area contributed by atoms with Crippen LogP contribution in [0.2, 0.25) is 0 Å². The second-order valence-electron chi connectivity index (χ2n) is 17.2. The molecule has 0 saturated heterocycles. The monoisotopic (exact) mass is 758 g/mol. The molecule has 0 aliphatic heterocycles. The van der Waals surface area contributed by atoms with Gasteiger partial charge in [0.1, 0.15) is 0 Å². The molecular weight excluding hydrogens is 705 g/mol. The van der Waals surface area contributed by atoms with E-state index in [-0.39, 0.29) is 5.41 Å². The Kier molecular flexibility index (Phi) is 9.80. The van der Waals surface area contributed by atoms with Crippen LogP contribution in [0.15, 0.2) is 115 Å². The van der Waals surface area contributed by atoms with Crippen molar-refractivity contribution in [1.82, 2.24) is 0 Å². The SMILES string of the molecule is CC(C)c1ccccc1N(C)c1cccc2c1sc1c(C(C)Cc3cc(N(C)c4ccccc4C(C)(C)C)c4sc5c(C(C)C)cccc5c4c3)cccc12. The van der Waals surface area contributed by atoms with Crippen molar-refractivity contribution < 1.29 is 0 Å². The number of thiophene rings is 2. The van der Waals surface area contributed by atoms with Crippen LogP contribution in [-0.4, -0.2) is 14.1 Å². The van der Waals surface area contributed by atoms with Gasteiger partial charge in [0.25, 0.3) is 0 Å². The maximum atomic E-state index is 2.51. The minimum absolute atomic E-state index is 0.0243. The Hall–Kier alpha value is -4.64. The summed E-state index contributed by atoms with van der Waals surface area (Å²) in [7, 11) is 4.50.